The second kappa shape index (κ2) is 9.85. The monoisotopic (exact) mass is 378 g/mol. The quantitative estimate of drug-likeness (QED) is 0.713. The molecule has 0 radical (unpaired) electrons. The molecular formula is C19H34N6O2. The summed E-state index contributed by atoms with van der Waals surface area (Å²) in [5.74, 6) is 0.771. The molecule has 0 saturated carbocycles. The molecule has 2 unspecified atom stereocenters. The molecule has 2 rings (SSSR count). The molecule has 1 aliphatic rings. The normalized spacial score (nSPS) is 18.3. The van der Waals surface area contributed by atoms with Crippen molar-refractivity contribution < 1.29 is 9.59 Å². The average Bonchev–Trinajstić information content (AvgIpc) is 3.09. The third-order valence-electron chi connectivity index (χ3n) is 5.13. The van der Waals surface area contributed by atoms with Crippen LogP contribution >= 0.6 is 0 Å². The SMILES string of the molecule is CCC(C)NC(=O)CN1CCN(C(C)C(=O)Nc2ccnn2C(C)C)CC1. The zero-order chi connectivity index (χ0) is 20.0. The highest BCUT2D eigenvalue weighted by molar-refractivity contribution is 5.93. The standard InChI is InChI=1S/C19H34N6O2/c1-6-15(4)21-18(26)13-23-9-11-24(12-10-23)16(5)19(27)22-17-7-8-20-25(17)14(2)3/h7-8,14-16H,6,9-13H2,1-5H3,(H,21,26)(H,22,27). The van der Waals surface area contributed by atoms with Crippen molar-refractivity contribution in [1.82, 2.24) is 24.9 Å². The molecule has 2 N–H and O–H groups in total. The van der Waals surface area contributed by atoms with Crippen molar-refractivity contribution in [3.05, 3.63) is 12.3 Å². The number of nitrogens with zero attached hydrogens (tertiary/aromatic N) is 4. The summed E-state index contributed by atoms with van der Waals surface area (Å²) in [7, 11) is 0. The van der Waals surface area contributed by atoms with Crippen LogP contribution in [0.4, 0.5) is 5.82 Å². The van der Waals surface area contributed by atoms with Gasteiger partial charge in [-0.15, -0.1) is 0 Å². The van der Waals surface area contributed by atoms with Crippen LogP contribution in [-0.4, -0.2) is 76.2 Å². The second-order valence-corrected chi connectivity index (χ2v) is 7.61. The number of hydrogen-bond donors (Lipinski definition) is 2. The molecule has 2 amide bonds. The minimum atomic E-state index is -0.225. The summed E-state index contributed by atoms with van der Waals surface area (Å²) in [6.07, 6.45) is 2.63. The van der Waals surface area contributed by atoms with Gasteiger partial charge in [-0.2, -0.15) is 5.10 Å². The Morgan fingerprint density at radius 1 is 1.15 bits per heavy atom. The lowest BCUT2D eigenvalue weighted by molar-refractivity contribution is -0.125. The van der Waals surface area contributed by atoms with E-state index in [-0.39, 0.29) is 29.9 Å². The summed E-state index contributed by atoms with van der Waals surface area (Å²) >= 11 is 0. The minimum Gasteiger partial charge on any atom is -0.353 e. The first-order chi connectivity index (χ1) is 12.8. The number of nitrogens with one attached hydrogen (secondary N) is 2. The van der Waals surface area contributed by atoms with Gasteiger partial charge in [-0.25, -0.2) is 4.68 Å². The Balaban J connectivity index is 1.80. The van der Waals surface area contributed by atoms with E-state index in [9.17, 15) is 9.59 Å². The van der Waals surface area contributed by atoms with Crippen molar-refractivity contribution in [3.8, 4) is 0 Å². The van der Waals surface area contributed by atoms with Gasteiger partial charge in [0.15, 0.2) is 0 Å². The Labute approximate surface area is 162 Å². The molecule has 27 heavy (non-hydrogen) atoms. The van der Waals surface area contributed by atoms with E-state index in [0.29, 0.717) is 6.54 Å². The summed E-state index contributed by atoms with van der Waals surface area (Å²) < 4.78 is 1.80. The zero-order valence-corrected chi connectivity index (χ0v) is 17.2. The van der Waals surface area contributed by atoms with Crippen LogP contribution in [-0.2, 0) is 9.59 Å². The predicted molar refractivity (Wildman–Crippen MR) is 107 cm³/mol. The number of aromatic nitrogens is 2. The highest BCUT2D eigenvalue weighted by atomic mass is 16.2. The van der Waals surface area contributed by atoms with Gasteiger partial charge >= 0.3 is 0 Å². The molecule has 8 heteroatoms. The first-order valence-corrected chi connectivity index (χ1v) is 9.92. The lowest BCUT2D eigenvalue weighted by atomic mass is 10.2. The van der Waals surface area contributed by atoms with E-state index < -0.39 is 0 Å². The van der Waals surface area contributed by atoms with Crippen molar-refractivity contribution in [2.45, 2.75) is 59.2 Å². The summed E-state index contributed by atoms with van der Waals surface area (Å²) in [5, 5.41) is 10.2. The Morgan fingerprint density at radius 3 is 2.41 bits per heavy atom. The number of anilines is 1. The molecule has 2 atom stereocenters. The van der Waals surface area contributed by atoms with Gasteiger partial charge in [-0.1, -0.05) is 6.92 Å². The van der Waals surface area contributed by atoms with Gasteiger partial charge in [-0.05, 0) is 34.1 Å². The van der Waals surface area contributed by atoms with Crippen LogP contribution in [0.2, 0.25) is 0 Å². The van der Waals surface area contributed by atoms with Gasteiger partial charge in [-0.3, -0.25) is 19.4 Å². The smallest absolute Gasteiger partial charge is 0.242 e. The molecule has 1 saturated heterocycles. The maximum absolute atomic E-state index is 12.6. The number of piperazine rings is 1. The van der Waals surface area contributed by atoms with Gasteiger partial charge in [0, 0.05) is 44.3 Å². The molecule has 0 aromatic carbocycles. The minimum absolute atomic E-state index is 0.0274. The molecule has 8 nitrogen and oxygen atoms in total. The Morgan fingerprint density at radius 2 is 1.81 bits per heavy atom. The van der Waals surface area contributed by atoms with E-state index in [1.807, 2.05) is 33.8 Å². The fourth-order valence-corrected chi connectivity index (χ4v) is 3.16. The Kier molecular flexibility index (Phi) is 7.79. The van der Waals surface area contributed by atoms with E-state index in [1.54, 1.807) is 10.9 Å². The summed E-state index contributed by atoms with van der Waals surface area (Å²) in [5.41, 5.74) is 0. The summed E-state index contributed by atoms with van der Waals surface area (Å²) in [6.45, 7) is 13.6. The number of amides is 2. The molecule has 1 aromatic rings. The van der Waals surface area contributed by atoms with Crippen LogP contribution in [0.1, 0.15) is 47.1 Å². The first-order valence-electron chi connectivity index (χ1n) is 9.92. The van der Waals surface area contributed by atoms with Crippen LogP contribution in [0.5, 0.6) is 0 Å². The van der Waals surface area contributed by atoms with Crippen molar-refractivity contribution >= 4 is 17.6 Å². The van der Waals surface area contributed by atoms with Crippen LogP contribution in [0.15, 0.2) is 12.3 Å². The number of rotatable bonds is 8. The van der Waals surface area contributed by atoms with Gasteiger partial charge in [0.05, 0.1) is 18.8 Å². The molecule has 2 heterocycles. The average molecular weight is 379 g/mol. The third kappa shape index (κ3) is 6.04. The Hall–Kier alpha value is -1.93. The van der Waals surface area contributed by atoms with E-state index in [4.69, 9.17) is 0 Å². The van der Waals surface area contributed by atoms with Crippen molar-refractivity contribution in [3.63, 3.8) is 0 Å². The number of hydrogen-bond acceptors (Lipinski definition) is 5. The zero-order valence-electron chi connectivity index (χ0n) is 17.2. The summed E-state index contributed by atoms with van der Waals surface area (Å²) in [6, 6.07) is 1.99. The van der Waals surface area contributed by atoms with E-state index in [0.717, 1.165) is 38.4 Å². The molecule has 1 aliphatic heterocycles. The molecule has 152 valence electrons. The third-order valence-corrected chi connectivity index (χ3v) is 5.13. The van der Waals surface area contributed by atoms with Gasteiger partial charge in [0.2, 0.25) is 11.8 Å². The molecule has 0 spiro atoms. The molecular weight excluding hydrogens is 344 g/mol. The fraction of sp³-hybridized carbons (Fsp3) is 0.737. The highest BCUT2D eigenvalue weighted by Gasteiger charge is 2.27. The van der Waals surface area contributed by atoms with E-state index in [2.05, 4.69) is 32.5 Å². The fourth-order valence-electron chi connectivity index (χ4n) is 3.16. The van der Waals surface area contributed by atoms with Crippen LogP contribution in [0, 0.1) is 0 Å². The van der Waals surface area contributed by atoms with E-state index >= 15 is 0 Å². The van der Waals surface area contributed by atoms with E-state index in [1.165, 1.54) is 0 Å². The lowest BCUT2D eigenvalue weighted by Gasteiger charge is -2.37. The van der Waals surface area contributed by atoms with Crippen LogP contribution in [0.25, 0.3) is 0 Å². The Bertz CT molecular complexity index is 621. The first kappa shape index (κ1) is 21.4. The van der Waals surface area contributed by atoms with Crippen LogP contribution < -0.4 is 10.6 Å². The maximum atomic E-state index is 12.6. The molecule has 0 bridgehead atoms. The highest BCUT2D eigenvalue weighted by Crippen LogP contribution is 2.15. The topological polar surface area (TPSA) is 82.5 Å². The molecule has 0 aliphatic carbocycles. The molecule has 1 fully saturated rings. The van der Waals surface area contributed by atoms with Gasteiger partial charge in [0.25, 0.3) is 0 Å². The summed E-state index contributed by atoms with van der Waals surface area (Å²) in [4.78, 5) is 29.0. The predicted octanol–water partition coefficient (Wildman–Crippen LogP) is 1.32. The van der Waals surface area contributed by atoms with Gasteiger partial charge in [0.1, 0.15) is 5.82 Å². The van der Waals surface area contributed by atoms with Crippen molar-refractivity contribution in [2.24, 2.45) is 0 Å². The molecule has 1 aromatic heterocycles. The van der Waals surface area contributed by atoms with Crippen LogP contribution in [0.3, 0.4) is 0 Å². The largest absolute Gasteiger partial charge is 0.353 e. The van der Waals surface area contributed by atoms with Gasteiger partial charge < -0.3 is 10.6 Å². The second-order valence-electron chi connectivity index (χ2n) is 7.61. The maximum Gasteiger partial charge on any atom is 0.242 e. The van der Waals surface area contributed by atoms with Crippen molar-refractivity contribution in [1.29, 1.82) is 0 Å². The number of carbonyl (C=O) groups excluding carboxylic acids is 2. The lowest BCUT2D eigenvalue weighted by Crippen LogP contribution is -2.54. The number of carbonyl (C=O) groups is 2. The van der Waals surface area contributed by atoms with Crippen molar-refractivity contribution in [2.75, 3.05) is 38.0 Å².